The first kappa shape index (κ1) is 29.9. The average molecular weight is 689 g/mol. The summed E-state index contributed by atoms with van der Waals surface area (Å²) in [5.41, 5.74) is 1.61. The number of anilines is 1. The number of aliphatic hydroxyl groups is 1. The van der Waals surface area contributed by atoms with Crippen LogP contribution in [-0.2, 0) is 15.3 Å². The Morgan fingerprint density at radius 3 is 2.31 bits per heavy atom. The lowest BCUT2D eigenvalue weighted by Crippen LogP contribution is -2.29. The molecule has 216 valence electrons. The normalized spacial score (nSPS) is 16.1. The van der Waals surface area contributed by atoms with Gasteiger partial charge >= 0.3 is 5.91 Å². The van der Waals surface area contributed by atoms with E-state index in [1.54, 1.807) is 36.4 Å². The van der Waals surface area contributed by atoms with Crippen LogP contribution >= 0.6 is 50.6 Å². The van der Waals surface area contributed by atoms with Crippen LogP contribution in [0.3, 0.4) is 0 Å². The summed E-state index contributed by atoms with van der Waals surface area (Å²) in [5, 5.41) is 20.8. The number of amides is 1. The number of ether oxygens (including phenoxy) is 3. The van der Waals surface area contributed by atoms with Gasteiger partial charge in [0.1, 0.15) is 5.76 Å². The number of thioether (sulfide) groups is 1. The molecular formula is C29H23BrClN3O6S2. The zero-order valence-corrected chi connectivity index (χ0v) is 26.4. The third kappa shape index (κ3) is 5.71. The van der Waals surface area contributed by atoms with E-state index in [-0.39, 0.29) is 16.5 Å². The molecule has 0 aliphatic carbocycles. The number of aromatic nitrogens is 2. The van der Waals surface area contributed by atoms with E-state index >= 15 is 0 Å². The summed E-state index contributed by atoms with van der Waals surface area (Å²) in [7, 11) is 4.41. The first-order valence-electron chi connectivity index (χ1n) is 12.3. The standard InChI is InChI=1S/C29H23BrClN3O6S2/c1-38-20-12-17(13-21(39-2)26(20)40-3)23-22(24(35)15-8-10-18(30)11-9-15)25(36)27(37)34(23)28-32-33-29(42-28)41-14-16-6-4-5-7-19(16)31/h4-13,23,35H,14H2,1-3H3/b24-22-. The van der Waals surface area contributed by atoms with Gasteiger partial charge < -0.3 is 19.3 Å². The van der Waals surface area contributed by atoms with E-state index in [1.165, 1.54) is 38.0 Å². The van der Waals surface area contributed by atoms with E-state index in [4.69, 9.17) is 25.8 Å². The number of nitrogens with zero attached hydrogens (tertiary/aromatic N) is 3. The molecule has 2 heterocycles. The van der Waals surface area contributed by atoms with Crippen molar-refractivity contribution < 1.29 is 28.9 Å². The monoisotopic (exact) mass is 687 g/mol. The highest BCUT2D eigenvalue weighted by Gasteiger charge is 2.49. The van der Waals surface area contributed by atoms with Gasteiger partial charge in [-0.15, -0.1) is 10.2 Å². The predicted molar refractivity (Wildman–Crippen MR) is 166 cm³/mol. The van der Waals surface area contributed by atoms with Crippen molar-refractivity contribution in [2.75, 3.05) is 26.2 Å². The van der Waals surface area contributed by atoms with E-state index in [0.29, 0.717) is 43.5 Å². The van der Waals surface area contributed by atoms with E-state index in [2.05, 4.69) is 26.1 Å². The lowest BCUT2D eigenvalue weighted by Gasteiger charge is -2.24. The van der Waals surface area contributed by atoms with Crippen LogP contribution in [0.1, 0.15) is 22.7 Å². The Bertz CT molecular complexity index is 1670. The maximum absolute atomic E-state index is 13.6. The molecule has 1 fully saturated rings. The molecule has 0 spiro atoms. The van der Waals surface area contributed by atoms with Gasteiger partial charge in [0.2, 0.25) is 10.9 Å². The van der Waals surface area contributed by atoms with Crippen LogP contribution in [0.25, 0.3) is 5.76 Å². The molecule has 5 rings (SSSR count). The van der Waals surface area contributed by atoms with E-state index in [1.807, 2.05) is 24.3 Å². The van der Waals surface area contributed by atoms with Crippen molar-refractivity contribution >= 4 is 73.2 Å². The summed E-state index contributed by atoms with van der Waals surface area (Å²) in [6.07, 6.45) is 0. The summed E-state index contributed by atoms with van der Waals surface area (Å²) in [4.78, 5) is 28.4. The number of carbonyl (C=O) groups excluding carboxylic acids is 2. The number of rotatable bonds is 9. The number of aliphatic hydroxyl groups excluding tert-OH is 1. The fourth-order valence-corrected chi connectivity index (χ4v) is 6.90. The smallest absolute Gasteiger partial charge is 0.301 e. The fourth-order valence-electron chi connectivity index (χ4n) is 4.48. The summed E-state index contributed by atoms with van der Waals surface area (Å²) in [6, 6.07) is 16.4. The lowest BCUT2D eigenvalue weighted by molar-refractivity contribution is -0.132. The Kier molecular flexibility index (Phi) is 9.07. The predicted octanol–water partition coefficient (Wildman–Crippen LogP) is 6.90. The first-order chi connectivity index (χ1) is 20.3. The Labute approximate surface area is 263 Å². The molecule has 0 saturated carbocycles. The van der Waals surface area contributed by atoms with Crippen molar-refractivity contribution in [3.8, 4) is 17.2 Å². The zero-order chi connectivity index (χ0) is 30.0. The molecule has 4 aromatic rings. The van der Waals surface area contributed by atoms with Crippen molar-refractivity contribution in [3.05, 3.63) is 92.4 Å². The van der Waals surface area contributed by atoms with Crippen LogP contribution in [0.2, 0.25) is 5.02 Å². The molecule has 9 nitrogen and oxygen atoms in total. The summed E-state index contributed by atoms with van der Waals surface area (Å²) in [5.74, 6) is -0.556. The molecule has 0 bridgehead atoms. The molecule has 1 atom stereocenters. The van der Waals surface area contributed by atoms with Crippen molar-refractivity contribution in [3.63, 3.8) is 0 Å². The van der Waals surface area contributed by atoms with Crippen molar-refractivity contribution in [2.24, 2.45) is 0 Å². The lowest BCUT2D eigenvalue weighted by atomic mass is 9.95. The van der Waals surface area contributed by atoms with Crippen molar-refractivity contribution in [1.29, 1.82) is 0 Å². The molecule has 1 aliphatic rings. The second-order valence-electron chi connectivity index (χ2n) is 8.87. The molecule has 1 aromatic heterocycles. The molecule has 1 aliphatic heterocycles. The van der Waals surface area contributed by atoms with E-state index in [9.17, 15) is 14.7 Å². The molecular weight excluding hydrogens is 666 g/mol. The van der Waals surface area contributed by atoms with Crippen molar-refractivity contribution in [2.45, 2.75) is 16.1 Å². The largest absolute Gasteiger partial charge is 0.507 e. The van der Waals surface area contributed by atoms with E-state index in [0.717, 1.165) is 21.4 Å². The Morgan fingerprint density at radius 1 is 1.02 bits per heavy atom. The number of hydrogen-bond donors (Lipinski definition) is 1. The van der Waals surface area contributed by atoms with Crippen LogP contribution in [0.4, 0.5) is 5.13 Å². The average Bonchev–Trinajstić information content (AvgIpc) is 3.57. The molecule has 3 aromatic carbocycles. The highest BCUT2D eigenvalue weighted by Crippen LogP contribution is 2.48. The number of ketones is 1. The second-order valence-corrected chi connectivity index (χ2v) is 12.4. The van der Waals surface area contributed by atoms with Crippen LogP contribution < -0.4 is 19.1 Å². The van der Waals surface area contributed by atoms with Gasteiger partial charge in [-0.2, -0.15) is 0 Å². The SMILES string of the molecule is COc1cc(C2/C(=C(/O)c3ccc(Br)cc3)C(=O)C(=O)N2c2nnc(SCc3ccccc3Cl)s2)cc(OC)c1OC. The van der Waals surface area contributed by atoms with Crippen LogP contribution in [0, 0.1) is 0 Å². The van der Waals surface area contributed by atoms with Crippen LogP contribution in [0.5, 0.6) is 17.2 Å². The number of methoxy groups -OCH3 is 3. The fraction of sp³-hybridized carbons (Fsp3) is 0.172. The molecule has 0 radical (unpaired) electrons. The number of halogens is 2. The summed E-state index contributed by atoms with van der Waals surface area (Å²) < 4.78 is 17.9. The molecule has 1 saturated heterocycles. The van der Waals surface area contributed by atoms with Gasteiger partial charge in [-0.1, -0.05) is 81.0 Å². The van der Waals surface area contributed by atoms with Gasteiger partial charge in [-0.25, -0.2) is 0 Å². The van der Waals surface area contributed by atoms with E-state index < -0.39 is 17.7 Å². The van der Waals surface area contributed by atoms with Crippen molar-refractivity contribution in [1.82, 2.24) is 10.2 Å². The molecule has 1 unspecified atom stereocenters. The second kappa shape index (κ2) is 12.7. The maximum Gasteiger partial charge on any atom is 0.301 e. The Balaban J connectivity index is 1.62. The van der Waals surface area contributed by atoms with Crippen LogP contribution in [-0.4, -0.2) is 48.3 Å². The Hall–Kier alpha value is -3.58. The van der Waals surface area contributed by atoms with Gasteiger partial charge in [0.05, 0.1) is 32.9 Å². The maximum atomic E-state index is 13.6. The quantitative estimate of drug-likeness (QED) is 0.0660. The third-order valence-electron chi connectivity index (χ3n) is 6.48. The number of benzene rings is 3. The minimum atomic E-state index is -1.07. The van der Waals surface area contributed by atoms with Gasteiger partial charge in [0.15, 0.2) is 15.8 Å². The highest BCUT2D eigenvalue weighted by molar-refractivity contribution is 9.10. The molecule has 1 N–H and O–H groups in total. The van der Waals surface area contributed by atoms with Crippen LogP contribution in [0.15, 0.2) is 75.0 Å². The molecule has 13 heteroatoms. The third-order valence-corrected chi connectivity index (χ3v) is 9.48. The molecule has 42 heavy (non-hydrogen) atoms. The number of hydrogen-bond acceptors (Lipinski definition) is 10. The Morgan fingerprint density at radius 2 is 1.69 bits per heavy atom. The number of Topliss-reactive ketones (excluding diaryl/α,β-unsaturated/α-hetero) is 1. The minimum absolute atomic E-state index is 0.114. The zero-order valence-electron chi connectivity index (χ0n) is 22.5. The van der Waals surface area contributed by atoms with Gasteiger partial charge in [0, 0.05) is 20.8 Å². The number of carbonyl (C=O) groups is 2. The minimum Gasteiger partial charge on any atom is -0.507 e. The topological polar surface area (TPSA) is 111 Å². The van der Waals surface area contributed by atoms with Gasteiger partial charge in [0.25, 0.3) is 5.78 Å². The van der Waals surface area contributed by atoms with Gasteiger partial charge in [-0.3, -0.25) is 14.5 Å². The molecule has 1 amide bonds. The summed E-state index contributed by atoms with van der Waals surface area (Å²) >= 11 is 12.2. The first-order valence-corrected chi connectivity index (χ1v) is 15.3. The highest BCUT2D eigenvalue weighted by atomic mass is 79.9. The summed E-state index contributed by atoms with van der Waals surface area (Å²) in [6.45, 7) is 0. The van der Waals surface area contributed by atoms with Gasteiger partial charge in [-0.05, 0) is 41.5 Å².